The Balaban J connectivity index is 2.54. The van der Waals surface area contributed by atoms with Crippen molar-refractivity contribution in [2.75, 3.05) is 5.73 Å². The van der Waals surface area contributed by atoms with Crippen molar-refractivity contribution < 1.29 is 0 Å². The van der Waals surface area contributed by atoms with Crippen LogP contribution in [0.4, 0.5) is 5.82 Å². The van der Waals surface area contributed by atoms with Crippen LogP contribution < -0.4 is 5.73 Å². The van der Waals surface area contributed by atoms with Crippen LogP contribution in [0.2, 0.25) is 0 Å². The molecule has 0 spiro atoms. The number of aryl methyl sites for hydroxylation is 1. The van der Waals surface area contributed by atoms with Crippen molar-refractivity contribution in [3.05, 3.63) is 18.9 Å². The van der Waals surface area contributed by atoms with E-state index >= 15 is 0 Å². The lowest BCUT2D eigenvalue weighted by atomic mass is 10.1. The highest BCUT2D eigenvalue weighted by Gasteiger charge is 2.20. The second-order valence-electron chi connectivity index (χ2n) is 4.91. The molecule has 2 N–H and O–H groups in total. The van der Waals surface area contributed by atoms with E-state index in [-0.39, 0.29) is 5.54 Å². The number of nitrogens with zero attached hydrogens (tertiary/aromatic N) is 4. The average molecular weight is 219 g/mol. The smallest absolute Gasteiger partial charge is 0.133 e. The Morgan fingerprint density at radius 1 is 1.25 bits per heavy atom. The van der Waals surface area contributed by atoms with Gasteiger partial charge in [-0.3, -0.25) is 0 Å². The zero-order valence-electron chi connectivity index (χ0n) is 10.1. The summed E-state index contributed by atoms with van der Waals surface area (Å²) in [5.41, 5.74) is 7.77. The van der Waals surface area contributed by atoms with Crippen LogP contribution in [-0.2, 0) is 12.6 Å². The first-order valence-electron chi connectivity index (χ1n) is 5.21. The van der Waals surface area contributed by atoms with Gasteiger partial charge in [0.25, 0.3) is 0 Å². The van der Waals surface area contributed by atoms with Crippen LogP contribution in [0.3, 0.4) is 0 Å². The van der Waals surface area contributed by atoms with Gasteiger partial charge in [0.1, 0.15) is 11.5 Å². The average Bonchev–Trinajstić information content (AvgIpc) is 2.70. The zero-order chi connectivity index (χ0) is 11.9. The molecule has 16 heavy (non-hydrogen) atoms. The molecule has 0 aliphatic heterocycles. The van der Waals surface area contributed by atoms with Gasteiger partial charge in [-0.15, -0.1) is 0 Å². The Labute approximate surface area is 94.9 Å². The lowest BCUT2D eigenvalue weighted by Gasteiger charge is -2.22. The number of nitrogens with two attached hydrogens (primary N) is 1. The number of anilines is 1. The monoisotopic (exact) mass is 219 g/mol. The molecule has 0 aliphatic rings. The summed E-state index contributed by atoms with van der Waals surface area (Å²) in [6.45, 7) is 6.29. The number of aromatic nitrogens is 4. The Morgan fingerprint density at radius 3 is 2.38 bits per heavy atom. The molecule has 0 amide bonds. The normalized spacial score (nSPS) is 12.0. The van der Waals surface area contributed by atoms with Gasteiger partial charge in [0, 0.05) is 12.6 Å². The third kappa shape index (κ3) is 1.58. The van der Waals surface area contributed by atoms with E-state index in [2.05, 4.69) is 30.7 Å². The highest BCUT2D eigenvalue weighted by atomic mass is 15.2. The first-order valence-corrected chi connectivity index (χ1v) is 5.21. The molecular formula is C11H17N5. The molecule has 0 saturated heterocycles. The first kappa shape index (κ1) is 10.7. The number of hydrogen-bond acceptors (Lipinski definition) is 3. The fourth-order valence-electron chi connectivity index (χ4n) is 1.68. The molecule has 0 aliphatic carbocycles. The van der Waals surface area contributed by atoms with Gasteiger partial charge in [-0.25, -0.2) is 9.97 Å². The first-order chi connectivity index (χ1) is 7.41. The minimum absolute atomic E-state index is 0.0616. The van der Waals surface area contributed by atoms with Crippen molar-refractivity contribution in [1.29, 1.82) is 0 Å². The number of rotatable bonds is 1. The molecule has 2 aromatic heterocycles. The molecule has 2 rings (SSSR count). The molecule has 0 unspecified atom stereocenters. The number of imidazole rings is 2. The SMILES string of the molecule is Cn1cncc1-c1ncn(C(C)(C)C)c1N. The van der Waals surface area contributed by atoms with Crippen LogP contribution in [0, 0.1) is 0 Å². The van der Waals surface area contributed by atoms with E-state index in [1.54, 1.807) is 18.9 Å². The second-order valence-corrected chi connectivity index (χ2v) is 4.91. The third-order valence-electron chi connectivity index (χ3n) is 2.59. The maximum atomic E-state index is 6.11. The predicted molar refractivity (Wildman–Crippen MR) is 63.8 cm³/mol. The summed E-state index contributed by atoms with van der Waals surface area (Å²) in [7, 11) is 1.93. The van der Waals surface area contributed by atoms with Crippen LogP contribution in [-0.4, -0.2) is 19.1 Å². The van der Waals surface area contributed by atoms with Crippen LogP contribution >= 0.6 is 0 Å². The van der Waals surface area contributed by atoms with Crippen molar-refractivity contribution in [3.63, 3.8) is 0 Å². The second kappa shape index (κ2) is 3.37. The zero-order valence-corrected chi connectivity index (χ0v) is 10.1. The van der Waals surface area contributed by atoms with Gasteiger partial charge >= 0.3 is 0 Å². The highest BCUT2D eigenvalue weighted by molar-refractivity contribution is 5.67. The van der Waals surface area contributed by atoms with Crippen molar-refractivity contribution >= 4 is 5.82 Å². The Hall–Kier alpha value is -1.78. The Kier molecular flexibility index (Phi) is 2.26. The molecule has 0 saturated carbocycles. The largest absolute Gasteiger partial charge is 0.383 e. The van der Waals surface area contributed by atoms with Gasteiger partial charge in [-0.1, -0.05) is 0 Å². The molecule has 86 valence electrons. The van der Waals surface area contributed by atoms with Crippen molar-refractivity contribution in [2.45, 2.75) is 26.3 Å². The molecule has 0 radical (unpaired) electrons. The van der Waals surface area contributed by atoms with Gasteiger partial charge in [-0.05, 0) is 20.8 Å². The fraction of sp³-hybridized carbons (Fsp3) is 0.455. The van der Waals surface area contributed by atoms with E-state index in [0.717, 1.165) is 11.4 Å². The van der Waals surface area contributed by atoms with Gasteiger partial charge in [0.2, 0.25) is 0 Å². The number of hydrogen-bond donors (Lipinski definition) is 1. The van der Waals surface area contributed by atoms with E-state index in [0.29, 0.717) is 5.82 Å². The maximum Gasteiger partial charge on any atom is 0.133 e. The van der Waals surface area contributed by atoms with Crippen molar-refractivity contribution in [2.24, 2.45) is 7.05 Å². The summed E-state index contributed by atoms with van der Waals surface area (Å²) in [5, 5.41) is 0. The summed E-state index contributed by atoms with van der Waals surface area (Å²) in [6, 6.07) is 0. The minimum Gasteiger partial charge on any atom is -0.383 e. The lowest BCUT2D eigenvalue weighted by molar-refractivity contribution is 0.402. The molecular weight excluding hydrogens is 202 g/mol. The molecule has 0 bridgehead atoms. The fourth-order valence-corrected chi connectivity index (χ4v) is 1.68. The summed E-state index contributed by atoms with van der Waals surface area (Å²) in [4.78, 5) is 8.43. The summed E-state index contributed by atoms with van der Waals surface area (Å²) in [5.74, 6) is 0.677. The summed E-state index contributed by atoms with van der Waals surface area (Å²) in [6.07, 6.45) is 5.29. The topological polar surface area (TPSA) is 61.7 Å². The summed E-state index contributed by atoms with van der Waals surface area (Å²) < 4.78 is 3.88. The third-order valence-corrected chi connectivity index (χ3v) is 2.59. The Morgan fingerprint density at radius 2 is 1.94 bits per heavy atom. The molecule has 5 nitrogen and oxygen atoms in total. The van der Waals surface area contributed by atoms with Crippen LogP contribution in [0.1, 0.15) is 20.8 Å². The van der Waals surface area contributed by atoms with E-state index in [9.17, 15) is 0 Å². The van der Waals surface area contributed by atoms with E-state index < -0.39 is 0 Å². The van der Waals surface area contributed by atoms with Crippen molar-refractivity contribution in [1.82, 2.24) is 19.1 Å². The standard InChI is InChI=1S/C11H17N5/c1-11(2,3)16-7-14-9(10(16)12)8-5-13-6-15(8)4/h5-7H,12H2,1-4H3. The van der Waals surface area contributed by atoms with Gasteiger partial charge in [0.05, 0.1) is 24.5 Å². The van der Waals surface area contributed by atoms with Crippen LogP contribution in [0.25, 0.3) is 11.4 Å². The quantitative estimate of drug-likeness (QED) is 0.792. The molecule has 2 aromatic rings. The van der Waals surface area contributed by atoms with E-state index in [1.807, 2.05) is 16.2 Å². The molecule has 0 fully saturated rings. The number of nitrogen functional groups attached to an aromatic ring is 1. The van der Waals surface area contributed by atoms with E-state index in [4.69, 9.17) is 5.73 Å². The van der Waals surface area contributed by atoms with Crippen molar-refractivity contribution in [3.8, 4) is 11.4 Å². The molecule has 0 aromatic carbocycles. The highest BCUT2D eigenvalue weighted by Crippen LogP contribution is 2.27. The van der Waals surface area contributed by atoms with Gasteiger partial charge in [0.15, 0.2) is 0 Å². The molecule has 0 atom stereocenters. The van der Waals surface area contributed by atoms with Crippen LogP contribution in [0.5, 0.6) is 0 Å². The minimum atomic E-state index is -0.0616. The van der Waals surface area contributed by atoms with E-state index in [1.165, 1.54) is 0 Å². The predicted octanol–water partition coefficient (Wildman–Crippen LogP) is 1.62. The van der Waals surface area contributed by atoms with Gasteiger partial charge in [-0.2, -0.15) is 0 Å². The molecule has 2 heterocycles. The molecule has 5 heteroatoms. The summed E-state index contributed by atoms with van der Waals surface area (Å²) >= 11 is 0. The lowest BCUT2D eigenvalue weighted by Crippen LogP contribution is -2.22. The Bertz CT molecular complexity index is 501. The van der Waals surface area contributed by atoms with Crippen LogP contribution in [0.15, 0.2) is 18.9 Å². The maximum absolute atomic E-state index is 6.11. The van der Waals surface area contributed by atoms with Gasteiger partial charge < -0.3 is 14.9 Å².